The van der Waals surface area contributed by atoms with Crippen molar-refractivity contribution in [2.75, 3.05) is 6.61 Å². The summed E-state index contributed by atoms with van der Waals surface area (Å²) in [6.45, 7) is -0.0326. The number of benzene rings is 2. The van der Waals surface area contributed by atoms with Gasteiger partial charge in [0.25, 0.3) is 11.8 Å². The number of aromatic nitrogens is 1. The first-order valence-electron chi connectivity index (χ1n) is 8.93. The zero-order valence-corrected chi connectivity index (χ0v) is 16.4. The van der Waals surface area contributed by atoms with E-state index in [1.807, 2.05) is 0 Å². The first kappa shape index (κ1) is 20.7. The quantitative estimate of drug-likeness (QED) is 0.598. The number of hydrogen-bond donors (Lipinski definition) is 2. The Balaban J connectivity index is 1.37. The normalized spacial score (nSPS) is 15.3. The average Bonchev–Trinajstić information content (AvgIpc) is 3.27. The smallest absolute Gasteiger partial charge is 0.416 e. The van der Waals surface area contributed by atoms with E-state index in [-0.39, 0.29) is 22.9 Å². The van der Waals surface area contributed by atoms with Gasteiger partial charge >= 0.3 is 6.18 Å². The number of halogens is 3. The van der Waals surface area contributed by atoms with Gasteiger partial charge in [-0.3, -0.25) is 20.4 Å². The van der Waals surface area contributed by atoms with Crippen LogP contribution in [0.15, 0.2) is 53.9 Å². The number of carbonyl (C=O) groups excluding carboxylic acids is 2. The summed E-state index contributed by atoms with van der Waals surface area (Å²) in [6, 6.07) is 11.5. The zero-order chi connectivity index (χ0) is 22.0. The minimum absolute atomic E-state index is 0.0326. The molecule has 0 saturated carbocycles. The lowest BCUT2D eigenvalue weighted by molar-refractivity contribution is -0.137. The third-order valence-electron chi connectivity index (χ3n) is 4.27. The van der Waals surface area contributed by atoms with Crippen LogP contribution in [-0.2, 0) is 11.0 Å². The van der Waals surface area contributed by atoms with Gasteiger partial charge < -0.3 is 9.47 Å². The van der Waals surface area contributed by atoms with Crippen LogP contribution in [0.1, 0.15) is 16.1 Å². The van der Waals surface area contributed by atoms with Crippen molar-refractivity contribution >= 4 is 23.2 Å². The van der Waals surface area contributed by atoms with E-state index in [1.165, 1.54) is 17.5 Å². The number of thiazole rings is 1. The number of hydrazine groups is 1. The van der Waals surface area contributed by atoms with Crippen LogP contribution in [0.2, 0.25) is 0 Å². The van der Waals surface area contributed by atoms with Crippen LogP contribution in [0.3, 0.4) is 0 Å². The summed E-state index contributed by atoms with van der Waals surface area (Å²) in [6.07, 6.45) is -5.45. The largest absolute Gasteiger partial charge is 0.485 e. The van der Waals surface area contributed by atoms with E-state index in [9.17, 15) is 22.8 Å². The number of nitrogens with zero attached hydrogens (tertiary/aromatic N) is 1. The number of hydrogen-bond acceptors (Lipinski definition) is 6. The predicted octanol–water partition coefficient (Wildman–Crippen LogP) is 3.43. The van der Waals surface area contributed by atoms with E-state index < -0.39 is 29.7 Å². The maximum atomic E-state index is 12.9. The van der Waals surface area contributed by atoms with Gasteiger partial charge in [-0.05, 0) is 24.3 Å². The van der Waals surface area contributed by atoms with Crippen LogP contribution in [-0.4, -0.2) is 29.5 Å². The zero-order valence-electron chi connectivity index (χ0n) is 15.6. The van der Waals surface area contributed by atoms with Gasteiger partial charge in [-0.15, -0.1) is 11.3 Å². The summed E-state index contributed by atoms with van der Waals surface area (Å²) in [7, 11) is 0. The van der Waals surface area contributed by atoms with Crippen molar-refractivity contribution in [2.24, 2.45) is 0 Å². The maximum absolute atomic E-state index is 12.9. The highest BCUT2D eigenvalue weighted by molar-refractivity contribution is 7.13. The molecular formula is C20H14F3N3O4S. The minimum Gasteiger partial charge on any atom is -0.485 e. The summed E-state index contributed by atoms with van der Waals surface area (Å²) in [4.78, 5) is 28.6. The Bertz CT molecular complexity index is 1130. The Morgan fingerprint density at radius 3 is 2.61 bits per heavy atom. The molecule has 1 aliphatic heterocycles. The SMILES string of the molecule is O=C(NNC(=O)C1COc2ccccc2O1)c1csc(-c2cccc(C(F)(F)F)c2)n1. The standard InChI is InChI=1S/C20H14F3N3O4S/c21-20(22,23)12-5-3-4-11(8-12)19-24-13(10-31-19)17(27)25-26-18(28)16-9-29-14-6-1-2-7-15(14)30-16/h1-8,10,16H,9H2,(H,25,27)(H,26,28). The Kier molecular flexibility index (Phi) is 5.51. The van der Waals surface area contributed by atoms with E-state index in [2.05, 4.69) is 15.8 Å². The summed E-state index contributed by atoms with van der Waals surface area (Å²) < 4.78 is 49.6. The second-order valence-electron chi connectivity index (χ2n) is 6.42. The topological polar surface area (TPSA) is 89.6 Å². The monoisotopic (exact) mass is 449 g/mol. The van der Waals surface area contributed by atoms with Crippen molar-refractivity contribution in [3.05, 3.63) is 65.2 Å². The van der Waals surface area contributed by atoms with E-state index >= 15 is 0 Å². The van der Waals surface area contributed by atoms with Crippen molar-refractivity contribution in [3.63, 3.8) is 0 Å². The maximum Gasteiger partial charge on any atom is 0.416 e. The van der Waals surface area contributed by atoms with Crippen LogP contribution < -0.4 is 20.3 Å². The number of ether oxygens (including phenoxy) is 2. The molecule has 0 aliphatic carbocycles. The summed E-state index contributed by atoms with van der Waals surface area (Å²) in [5, 5.41) is 1.62. The molecule has 2 amide bonds. The Hall–Kier alpha value is -3.60. The van der Waals surface area contributed by atoms with Gasteiger partial charge in [-0.2, -0.15) is 13.2 Å². The molecule has 11 heteroatoms. The molecule has 160 valence electrons. The molecule has 1 unspecified atom stereocenters. The molecular weight excluding hydrogens is 435 g/mol. The Morgan fingerprint density at radius 1 is 1.06 bits per heavy atom. The highest BCUT2D eigenvalue weighted by Crippen LogP contribution is 2.33. The van der Waals surface area contributed by atoms with Crippen LogP contribution >= 0.6 is 11.3 Å². The van der Waals surface area contributed by atoms with Crippen molar-refractivity contribution < 1.29 is 32.2 Å². The molecule has 3 aromatic rings. The molecule has 0 spiro atoms. The van der Waals surface area contributed by atoms with Crippen LogP contribution in [0.5, 0.6) is 11.5 Å². The van der Waals surface area contributed by atoms with Crippen molar-refractivity contribution in [1.82, 2.24) is 15.8 Å². The number of alkyl halides is 3. The van der Waals surface area contributed by atoms with Crippen LogP contribution in [0, 0.1) is 0 Å². The molecule has 2 aromatic carbocycles. The lowest BCUT2D eigenvalue weighted by Gasteiger charge is -2.25. The number of rotatable bonds is 3. The van der Waals surface area contributed by atoms with Gasteiger partial charge in [0.15, 0.2) is 11.5 Å². The van der Waals surface area contributed by atoms with Crippen LogP contribution in [0.25, 0.3) is 10.6 Å². The number of carbonyl (C=O) groups is 2. The third-order valence-corrected chi connectivity index (χ3v) is 5.17. The molecule has 2 N–H and O–H groups in total. The van der Waals surface area contributed by atoms with Gasteiger partial charge in [0.05, 0.1) is 5.56 Å². The number of nitrogens with one attached hydrogen (secondary N) is 2. The highest BCUT2D eigenvalue weighted by atomic mass is 32.1. The minimum atomic E-state index is -4.48. The molecule has 1 aromatic heterocycles. The number of amides is 2. The first-order chi connectivity index (χ1) is 14.8. The van der Waals surface area contributed by atoms with E-state index in [4.69, 9.17) is 9.47 Å². The summed E-state index contributed by atoms with van der Waals surface area (Å²) >= 11 is 1.01. The molecule has 0 fully saturated rings. The molecule has 1 atom stereocenters. The summed E-state index contributed by atoms with van der Waals surface area (Å²) in [5.41, 5.74) is 3.81. The van der Waals surface area contributed by atoms with Gasteiger partial charge in [-0.25, -0.2) is 4.98 Å². The van der Waals surface area contributed by atoms with Gasteiger partial charge in [0.1, 0.15) is 17.3 Å². The molecule has 2 heterocycles. The first-order valence-corrected chi connectivity index (χ1v) is 9.81. The second-order valence-corrected chi connectivity index (χ2v) is 7.28. The molecule has 0 saturated heterocycles. The molecule has 1 aliphatic rings. The lowest BCUT2D eigenvalue weighted by atomic mass is 10.1. The third kappa shape index (κ3) is 4.61. The Labute approximate surface area is 177 Å². The fourth-order valence-corrected chi connectivity index (χ4v) is 3.55. The fraction of sp³-hybridized carbons (Fsp3) is 0.150. The van der Waals surface area contributed by atoms with E-state index in [0.29, 0.717) is 11.5 Å². The van der Waals surface area contributed by atoms with E-state index in [0.717, 1.165) is 23.5 Å². The molecule has 0 radical (unpaired) electrons. The number of para-hydroxylation sites is 2. The molecule has 7 nitrogen and oxygen atoms in total. The van der Waals surface area contributed by atoms with Crippen molar-refractivity contribution in [1.29, 1.82) is 0 Å². The van der Waals surface area contributed by atoms with Gasteiger partial charge in [-0.1, -0.05) is 24.3 Å². The Morgan fingerprint density at radius 2 is 1.84 bits per heavy atom. The van der Waals surface area contributed by atoms with Crippen molar-refractivity contribution in [2.45, 2.75) is 12.3 Å². The van der Waals surface area contributed by atoms with Gasteiger partial charge in [0, 0.05) is 10.9 Å². The molecule has 31 heavy (non-hydrogen) atoms. The predicted molar refractivity (Wildman–Crippen MR) is 105 cm³/mol. The lowest BCUT2D eigenvalue weighted by Crippen LogP contribution is -2.50. The highest BCUT2D eigenvalue weighted by Gasteiger charge is 2.31. The molecule has 0 bridgehead atoms. The van der Waals surface area contributed by atoms with Crippen molar-refractivity contribution in [3.8, 4) is 22.1 Å². The summed E-state index contributed by atoms with van der Waals surface area (Å²) in [5.74, 6) is -0.429. The fourth-order valence-electron chi connectivity index (χ4n) is 2.75. The molecule has 4 rings (SSSR count). The van der Waals surface area contributed by atoms with Crippen LogP contribution in [0.4, 0.5) is 13.2 Å². The average molecular weight is 449 g/mol. The van der Waals surface area contributed by atoms with E-state index in [1.54, 1.807) is 24.3 Å². The van der Waals surface area contributed by atoms with Gasteiger partial charge in [0.2, 0.25) is 6.10 Å². The number of fused-ring (bicyclic) bond motifs is 1. The second kappa shape index (κ2) is 8.26.